The number of hydrogen-bond acceptors (Lipinski definition) is 6. The summed E-state index contributed by atoms with van der Waals surface area (Å²) >= 11 is 9.54. The number of ether oxygens (including phenoxy) is 1. The summed E-state index contributed by atoms with van der Waals surface area (Å²) < 4.78 is 5.35. The van der Waals surface area contributed by atoms with Crippen molar-refractivity contribution in [1.82, 2.24) is 0 Å². The number of rotatable bonds is 3. The summed E-state index contributed by atoms with van der Waals surface area (Å²) in [7, 11) is 1.44. The second kappa shape index (κ2) is 9.31. The Kier molecular flexibility index (Phi) is 6.15. The molecule has 1 N–H and O–H groups in total. The van der Waals surface area contributed by atoms with Gasteiger partial charge in [0.05, 0.1) is 29.1 Å². The number of imide groups is 1. The lowest BCUT2D eigenvalue weighted by atomic mass is 9.59. The molecule has 2 amide bonds. The number of nitrogens with zero attached hydrogens (tertiary/aromatic N) is 1. The number of phenolic OH excluding ortho intramolecular Hbond substituents is 1. The molecule has 0 aromatic heterocycles. The van der Waals surface area contributed by atoms with Crippen LogP contribution in [0.5, 0.6) is 11.5 Å². The number of hydrogen-bond donors (Lipinski definition) is 1. The number of ketones is 2. The molecule has 1 aliphatic heterocycles. The van der Waals surface area contributed by atoms with Gasteiger partial charge < -0.3 is 9.84 Å². The van der Waals surface area contributed by atoms with Gasteiger partial charge in [0, 0.05) is 28.2 Å². The Morgan fingerprint density at radius 3 is 2.51 bits per heavy atom. The fourth-order valence-corrected chi connectivity index (χ4v) is 7.07. The van der Waals surface area contributed by atoms with Gasteiger partial charge in [-0.15, -0.1) is 0 Å². The maximum Gasteiger partial charge on any atom is 0.238 e. The van der Waals surface area contributed by atoms with E-state index in [0.29, 0.717) is 33.8 Å². The Morgan fingerprint density at radius 1 is 1.05 bits per heavy atom. The topological polar surface area (TPSA) is 101 Å². The molecule has 39 heavy (non-hydrogen) atoms. The normalized spacial score (nSPS) is 26.2. The number of phenols is 1. The number of fused-ring (bicyclic) bond motifs is 3. The van der Waals surface area contributed by atoms with E-state index in [1.54, 1.807) is 30.3 Å². The van der Waals surface area contributed by atoms with Crippen LogP contribution in [0.1, 0.15) is 29.9 Å². The summed E-state index contributed by atoms with van der Waals surface area (Å²) in [6.07, 6.45) is 3.69. The molecule has 3 aliphatic carbocycles. The summed E-state index contributed by atoms with van der Waals surface area (Å²) in [5.41, 5.74) is 3.32. The first-order valence-corrected chi connectivity index (χ1v) is 13.7. The molecule has 2 aromatic carbocycles. The first-order chi connectivity index (χ1) is 18.6. The summed E-state index contributed by atoms with van der Waals surface area (Å²) in [6.45, 7) is 1.84. The first kappa shape index (κ1) is 25.8. The SMILES string of the molecule is COc1ccc(C2C3=CCC4C(=O)N(c5ccc(C)c(Cl)c5)C(=O)C4C3CC3=C2C(=O)C=C(Br)C3=O)cc1O. The molecule has 1 fully saturated rings. The zero-order valence-electron chi connectivity index (χ0n) is 21.0. The minimum absolute atomic E-state index is 0.102. The Morgan fingerprint density at radius 2 is 1.82 bits per heavy atom. The third kappa shape index (κ3) is 3.84. The number of aromatic hydroxyl groups is 1. The van der Waals surface area contributed by atoms with Crippen molar-refractivity contribution in [3.8, 4) is 11.5 Å². The molecule has 2 aromatic rings. The molecular formula is C30H23BrClNO6. The highest BCUT2D eigenvalue weighted by atomic mass is 79.9. The molecule has 4 atom stereocenters. The standard InChI is InChI=1S/C30H23BrClNO6/c1-13-3-5-15(10-21(13)32)33-29(37)17-7-6-16-18(26(17)30(33)38)11-19-27(23(35)12-20(31)28(19)36)25(16)14-4-8-24(39-2)22(34)9-14/h3-6,8-10,12,17-18,25-26,34H,7,11H2,1-2H3. The Balaban J connectivity index is 1.48. The molecule has 0 radical (unpaired) electrons. The fraction of sp³-hybridized carbons (Fsp3) is 0.267. The molecule has 0 bridgehead atoms. The summed E-state index contributed by atoms with van der Waals surface area (Å²) in [6, 6.07) is 9.97. The smallest absolute Gasteiger partial charge is 0.238 e. The number of amides is 2. The maximum atomic E-state index is 13.9. The van der Waals surface area contributed by atoms with Gasteiger partial charge in [0.2, 0.25) is 11.8 Å². The van der Waals surface area contributed by atoms with Crippen LogP contribution in [0.15, 0.2) is 69.8 Å². The first-order valence-electron chi connectivity index (χ1n) is 12.5. The lowest BCUT2D eigenvalue weighted by molar-refractivity contribution is -0.123. The van der Waals surface area contributed by atoms with Crippen LogP contribution in [-0.4, -0.2) is 35.6 Å². The lowest BCUT2D eigenvalue weighted by Crippen LogP contribution is -2.39. The Bertz CT molecular complexity index is 1600. The highest BCUT2D eigenvalue weighted by Gasteiger charge is 2.56. The van der Waals surface area contributed by atoms with Crippen molar-refractivity contribution in [3.05, 3.63) is 85.9 Å². The minimum Gasteiger partial charge on any atom is -0.504 e. The van der Waals surface area contributed by atoms with Crippen molar-refractivity contribution in [3.63, 3.8) is 0 Å². The Labute approximate surface area is 237 Å². The zero-order valence-corrected chi connectivity index (χ0v) is 23.4. The van der Waals surface area contributed by atoms with E-state index in [0.717, 1.165) is 11.1 Å². The van der Waals surface area contributed by atoms with Gasteiger partial charge in [-0.05, 0) is 77.0 Å². The molecule has 1 heterocycles. The Hall–Kier alpha value is -3.49. The molecular weight excluding hydrogens is 586 g/mol. The number of carbonyl (C=O) groups excluding carboxylic acids is 4. The van der Waals surface area contributed by atoms with Crippen molar-refractivity contribution in [2.45, 2.75) is 25.7 Å². The molecule has 6 rings (SSSR count). The van der Waals surface area contributed by atoms with Gasteiger partial charge in [-0.3, -0.25) is 19.2 Å². The van der Waals surface area contributed by atoms with Crippen LogP contribution >= 0.6 is 27.5 Å². The van der Waals surface area contributed by atoms with Gasteiger partial charge >= 0.3 is 0 Å². The van der Waals surface area contributed by atoms with Gasteiger partial charge in [-0.2, -0.15) is 0 Å². The summed E-state index contributed by atoms with van der Waals surface area (Å²) in [5, 5.41) is 11.0. The van der Waals surface area contributed by atoms with Gasteiger partial charge in [0.1, 0.15) is 0 Å². The van der Waals surface area contributed by atoms with Crippen molar-refractivity contribution < 1.29 is 29.0 Å². The number of Topliss-reactive ketones (excluding diaryl/α,β-unsaturated/α-hetero) is 1. The van der Waals surface area contributed by atoms with Crippen LogP contribution in [0.2, 0.25) is 5.02 Å². The quantitative estimate of drug-likeness (QED) is 0.287. The third-order valence-corrected chi connectivity index (χ3v) is 9.28. The van der Waals surface area contributed by atoms with E-state index in [2.05, 4.69) is 15.9 Å². The predicted octanol–water partition coefficient (Wildman–Crippen LogP) is 5.33. The number of allylic oxidation sites excluding steroid dienone is 6. The van der Waals surface area contributed by atoms with Crippen LogP contribution < -0.4 is 9.64 Å². The summed E-state index contributed by atoms with van der Waals surface area (Å²) in [4.78, 5) is 55.4. The average molecular weight is 609 g/mol. The molecule has 1 saturated heterocycles. The second-order valence-electron chi connectivity index (χ2n) is 10.3. The predicted molar refractivity (Wildman–Crippen MR) is 148 cm³/mol. The second-order valence-corrected chi connectivity index (χ2v) is 11.5. The lowest BCUT2D eigenvalue weighted by Gasteiger charge is -2.42. The van der Waals surface area contributed by atoms with E-state index in [4.69, 9.17) is 16.3 Å². The molecule has 198 valence electrons. The van der Waals surface area contributed by atoms with Crippen molar-refractivity contribution in [2.75, 3.05) is 12.0 Å². The highest BCUT2D eigenvalue weighted by Crippen LogP contribution is 2.56. The van der Waals surface area contributed by atoms with E-state index >= 15 is 0 Å². The van der Waals surface area contributed by atoms with Gasteiger partial charge in [0.15, 0.2) is 23.1 Å². The van der Waals surface area contributed by atoms with Gasteiger partial charge in [-0.1, -0.05) is 35.4 Å². The average Bonchev–Trinajstić information content (AvgIpc) is 3.17. The van der Waals surface area contributed by atoms with E-state index in [9.17, 15) is 24.3 Å². The fourth-order valence-electron chi connectivity index (χ4n) is 6.45. The molecule has 4 unspecified atom stereocenters. The third-order valence-electron chi connectivity index (χ3n) is 8.28. The number of anilines is 1. The molecule has 0 saturated carbocycles. The van der Waals surface area contributed by atoms with E-state index in [-0.39, 0.29) is 45.8 Å². The van der Waals surface area contributed by atoms with E-state index < -0.39 is 23.7 Å². The van der Waals surface area contributed by atoms with E-state index in [1.807, 2.05) is 13.0 Å². The van der Waals surface area contributed by atoms with Crippen LogP contribution in [0, 0.1) is 24.7 Å². The molecule has 4 aliphatic rings. The van der Waals surface area contributed by atoms with Crippen molar-refractivity contribution in [2.24, 2.45) is 17.8 Å². The number of halogens is 2. The van der Waals surface area contributed by atoms with Crippen LogP contribution in [0.3, 0.4) is 0 Å². The largest absolute Gasteiger partial charge is 0.504 e. The molecule has 9 heteroatoms. The number of carbonyl (C=O) groups is 4. The number of aryl methyl sites for hydroxylation is 1. The van der Waals surface area contributed by atoms with E-state index in [1.165, 1.54) is 24.2 Å². The molecule has 7 nitrogen and oxygen atoms in total. The van der Waals surface area contributed by atoms with Crippen molar-refractivity contribution >= 4 is 56.6 Å². The van der Waals surface area contributed by atoms with Gasteiger partial charge in [0.25, 0.3) is 0 Å². The zero-order chi connectivity index (χ0) is 27.7. The summed E-state index contributed by atoms with van der Waals surface area (Å²) in [5.74, 6) is -3.51. The van der Waals surface area contributed by atoms with Crippen LogP contribution in [-0.2, 0) is 19.2 Å². The number of methoxy groups -OCH3 is 1. The van der Waals surface area contributed by atoms with Crippen LogP contribution in [0.4, 0.5) is 5.69 Å². The highest BCUT2D eigenvalue weighted by molar-refractivity contribution is 9.12. The van der Waals surface area contributed by atoms with Crippen molar-refractivity contribution in [1.29, 1.82) is 0 Å². The van der Waals surface area contributed by atoms with Gasteiger partial charge in [-0.25, -0.2) is 4.90 Å². The minimum atomic E-state index is -0.700. The van der Waals surface area contributed by atoms with Crippen LogP contribution in [0.25, 0.3) is 0 Å². The maximum absolute atomic E-state index is 13.9. The number of benzene rings is 2. The monoisotopic (exact) mass is 607 g/mol. The molecule has 0 spiro atoms.